The molecule has 1 fully saturated rings. The van der Waals surface area contributed by atoms with E-state index in [2.05, 4.69) is 40.6 Å². The van der Waals surface area contributed by atoms with Gasteiger partial charge in [0.05, 0.1) is 0 Å². The Kier molecular flexibility index (Phi) is 1.36. The molecule has 2 heteroatoms. The van der Waals surface area contributed by atoms with Crippen LogP contribution < -0.4 is 15.8 Å². The molecule has 2 heterocycles. The van der Waals surface area contributed by atoms with Gasteiger partial charge in [-0.2, -0.15) is 0 Å². The molecular formula is C11H12N2. The Morgan fingerprint density at radius 1 is 1.23 bits per heavy atom. The summed E-state index contributed by atoms with van der Waals surface area (Å²) < 4.78 is 0. The van der Waals surface area contributed by atoms with Crippen LogP contribution in [0.2, 0.25) is 0 Å². The van der Waals surface area contributed by atoms with Gasteiger partial charge in [-0.05, 0) is 5.22 Å². The Bertz CT molecular complexity index is 447. The van der Waals surface area contributed by atoms with E-state index >= 15 is 0 Å². The van der Waals surface area contributed by atoms with Gasteiger partial charge in [-0.15, -0.1) is 0 Å². The number of hydrogen-bond acceptors (Lipinski definition) is 2. The highest BCUT2D eigenvalue weighted by molar-refractivity contribution is 5.50. The normalized spacial score (nSPS) is 18.8. The maximum absolute atomic E-state index is 3.44. The van der Waals surface area contributed by atoms with Gasteiger partial charge in [-0.1, -0.05) is 30.3 Å². The molecule has 1 aromatic carbocycles. The molecule has 66 valence electrons. The molecule has 0 saturated carbocycles. The number of nitrogens with zero attached hydrogens (tertiary/aromatic N) is 1. The molecule has 0 unspecified atom stereocenters. The van der Waals surface area contributed by atoms with Crippen molar-refractivity contribution in [2.45, 2.75) is 0 Å². The number of rotatable bonds is 0. The molecule has 3 rings (SSSR count). The van der Waals surface area contributed by atoms with Crippen molar-refractivity contribution in [3.05, 3.63) is 34.7 Å². The number of benzene rings is 1. The molecule has 0 atom stereocenters. The maximum atomic E-state index is 3.44. The Hall–Kier alpha value is -1.44. The Labute approximate surface area is 77.2 Å². The lowest BCUT2D eigenvalue weighted by atomic mass is 10.2. The third-order valence-corrected chi connectivity index (χ3v) is 2.74. The SMILES string of the molecule is C1=c2ccccc2=C2NCCN2C1. The predicted octanol–water partition coefficient (Wildman–Crippen LogP) is -0.548. The van der Waals surface area contributed by atoms with Crippen LogP contribution in [-0.2, 0) is 0 Å². The third-order valence-electron chi connectivity index (χ3n) is 2.74. The molecule has 0 spiro atoms. The molecular weight excluding hydrogens is 160 g/mol. The van der Waals surface area contributed by atoms with Crippen molar-refractivity contribution in [1.82, 2.24) is 10.2 Å². The van der Waals surface area contributed by atoms with Gasteiger partial charge in [-0.3, -0.25) is 0 Å². The topological polar surface area (TPSA) is 15.3 Å². The first kappa shape index (κ1) is 7.01. The zero-order valence-electron chi connectivity index (χ0n) is 7.46. The highest BCUT2D eigenvalue weighted by Crippen LogP contribution is 2.07. The van der Waals surface area contributed by atoms with E-state index in [1.54, 1.807) is 0 Å². The van der Waals surface area contributed by atoms with E-state index in [1.165, 1.54) is 16.3 Å². The highest BCUT2D eigenvalue weighted by atomic mass is 15.3. The second-order valence-electron chi connectivity index (χ2n) is 3.51. The minimum atomic E-state index is 1.05. The number of fused-ring (bicyclic) bond motifs is 2. The van der Waals surface area contributed by atoms with Crippen LogP contribution in [-0.4, -0.2) is 24.5 Å². The van der Waals surface area contributed by atoms with Gasteiger partial charge in [0.15, 0.2) is 0 Å². The van der Waals surface area contributed by atoms with Gasteiger partial charge in [0, 0.05) is 24.9 Å². The molecule has 13 heavy (non-hydrogen) atoms. The Morgan fingerprint density at radius 2 is 2.15 bits per heavy atom. The van der Waals surface area contributed by atoms with Crippen LogP contribution >= 0.6 is 0 Å². The summed E-state index contributed by atoms with van der Waals surface area (Å²) in [7, 11) is 0. The summed E-state index contributed by atoms with van der Waals surface area (Å²) in [6.07, 6.45) is 2.30. The summed E-state index contributed by atoms with van der Waals surface area (Å²) in [6, 6.07) is 8.56. The molecule has 2 aliphatic rings. The smallest absolute Gasteiger partial charge is 0.110 e. The lowest BCUT2D eigenvalue weighted by Gasteiger charge is -2.20. The van der Waals surface area contributed by atoms with Crippen molar-refractivity contribution < 1.29 is 0 Å². The molecule has 0 aliphatic carbocycles. The van der Waals surface area contributed by atoms with Gasteiger partial charge >= 0.3 is 0 Å². The van der Waals surface area contributed by atoms with Crippen LogP contribution in [0, 0.1) is 0 Å². The fourth-order valence-corrected chi connectivity index (χ4v) is 2.08. The molecule has 2 nitrogen and oxygen atoms in total. The van der Waals surface area contributed by atoms with E-state index in [0.717, 1.165) is 19.6 Å². The van der Waals surface area contributed by atoms with Crippen molar-refractivity contribution in [3.63, 3.8) is 0 Å². The van der Waals surface area contributed by atoms with Crippen LogP contribution in [0.15, 0.2) is 24.3 Å². The maximum Gasteiger partial charge on any atom is 0.110 e. The van der Waals surface area contributed by atoms with Gasteiger partial charge < -0.3 is 10.2 Å². The third kappa shape index (κ3) is 0.949. The molecule has 0 aromatic heterocycles. The predicted molar refractivity (Wildman–Crippen MR) is 53.1 cm³/mol. The van der Waals surface area contributed by atoms with Crippen LogP contribution in [0.1, 0.15) is 0 Å². The zero-order valence-corrected chi connectivity index (χ0v) is 7.46. The van der Waals surface area contributed by atoms with Crippen molar-refractivity contribution in [2.75, 3.05) is 19.6 Å². The lowest BCUT2D eigenvalue weighted by Crippen LogP contribution is -2.39. The van der Waals surface area contributed by atoms with Gasteiger partial charge in [0.1, 0.15) is 5.82 Å². The van der Waals surface area contributed by atoms with E-state index in [9.17, 15) is 0 Å². The average molecular weight is 172 g/mol. The lowest BCUT2D eigenvalue weighted by molar-refractivity contribution is 0.495. The number of hydrogen-bond donors (Lipinski definition) is 1. The largest absolute Gasteiger partial charge is 0.369 e. The fourth-order valence-electron chi connectivity index (χ4n) is 2.08. The standard InChI is InChI=1S/C11H12N2/c1-2-4-10-9(3-1)5-7-13-8-6-12-11(10)13/h1-5,12H,6-8H2. The summed E-state index contributed by atoms with van der Waals surface area (Å²) in [5.41, 5.74) is 0. The fraction of sp³-hybridized carbons (Fsp3) is 0.273. The first-order valence-corrected chi connectivity index (χ1v) is 4.73. The van der Waals surface area contributed by atoms with E-state index in [1.807, 2.05) is 0 Å². The summed E-state index contributed by atoms with van der Waals surface area (Å²) in [6.45, 7) is 3.27. The zero-order chi connectivity index (χ0) is 8.67. The average Bonchev–Trinajstić information content (AvgIpc) is 2.65. The summed E-state index contributed by atoms with van der Waals surface area (Å²) >= 11 is 0. The molecule has 0 amide bonds. The molecule has 2 aliphatic heterocycles. The Balaban J connectivity index is 2.38. The second-order valence-corrected chi connectivity index (χ2v) is 3.51. The molecule has 1 aromatic rings. The minimum absolute atomic E-state index is 1.05. The molecule has 0 bridgehead atoms. The van der Waals surface area contributed by atoms with Crippen molar-refractivity contribution >= 4 is 11.9 Å². The van der Waals surface area contributed by atoms with E-state index in [4.69, 9.17) is 0 Å². The molecule has 0 radical (unpaired) electrons. The molecule has 1 N–H and O–H groups in total. The number of nitrogens with one attached hydrogen (secondary N) is 1. The van der Waals surface area contributed by atoms with E-state index in [-0.39, 0.29) is 0 Å². The van der Waals surface area contributed by atoms with Crippen molar-refractivity contribution in [1.29, 1.82) is 0 Å². The van der Waals surface area contributed by atoms with Crippen LogP contribution in [0.4, 0.5) is 0 Å². The summed E-state index contributed by atoms with van der Waals surface area (Å²) in [4.78, 5) is 2.39. The quantitative estimate of drug-likeness (QED) is 0.565. The van der Waals surface area contributed by atoms with Gasteiger partial charge in [0.25, 0.3) is 0 Å². The summed E-state index contributed by atoms with van der Waals surface area (Å²) in [5, 5.41) is 6.15. The second kappa shape index (κ2) is 2.52. The van der Waals surface area contributed by atoms with Crippen LogP contribution in [0.3, 0.4) is 0 Å². The highest BCUT2D eigenvalue weighted by Gasteiger charge is 2.17. The van der Waals surface area contributed by atoms with Crippen molar-refractivity contribution in [2.24, 2.45) is 0 Å². The summed E-state index contributed by atoms with van der Waals surface area (Å²) in [5.74, 6) is 1.32. The van der Waals surface area contributed by atoms with E-state index < -0.39 is 0 Å². The van der Waals surface area contributed by atoms with E-state index in [0.29, 0.717) is 0 Å². The molecule has 1 saturated heterocycles. The monoisotopic (exact) mass is 172 g/mol. The van der Waals surface area contributed by atoms with Crippen molar-refractivity contribution in [3.8, 4) is 0 Å². The first-order chi connectivity index (χ1) is 6.45. The van der Waals surface area contributed by atoms with Gasteiger partial charge in [-0.25, -0.2) is 0 Å². The van der Waals surface area contributed by atoms with Gasteiger partial charge in [0.2, 0.25) is 0 Å². The van der Waals surface area contributed by atoms with Crippen LogP contribution in [0.25, 0.3) is 11.9 Å². The minimum Gasteiger partial charge on any atom is -0.369 e. The van der Waals surface area contributed by atoms with Crippen LogP contribution in [0.5, 0.6) is 0 Å². The Morgan fingerprint density at radius 3 is 3.15 bits per heavy atom. The first-order valence-electron chi connectivity index (χ1n) is 4.73.